The highest BCUT2D eigenvalue weighted by molar-refractivity contribution is 5.76. The maximum absolute atomic E-state index is 11.4. The minimum Gasteiger partial charge on any atom is -0.496 e. The topological polar surface area (TPSA) is 50.4 Å². The first-order chi connectivity index (χ1) is 8.77. The molecule has 0 atom stereocenters. The van der Waals surface area contributed by atoms with Crippen LogP contribution in [0.4, 0.5) is 4.79 Å². The number of unbranched alkanes of at least 4 members (excludes halogenated alkanes) is 1. The van der Waals surface area contributed by atoms with Crippen LogP contribution < -0.4 is 15.4 Å². The average molecular weight is 248 g/mol. The van der Waals surface area contributed by atoms with Crippen LogP contribution in [0.15, 0.2) is 30.5 Å². The average Bonchev–Trinajstić information content (AvgIpc) is 2.39. The summed E-state index contributed by atoms with van der Waals surface area (Å²) in [6.45, 7) is 2.78. The number of urea groups is 1. The molecular weight excluding hydrogens is 228 g/mol. The Balaban J connectivity index is 2.42. The van der Waals surface area contributed by atoms with Gasteiger partial charge in [0.25, 0.3) is 0 Å². The van der Waals surface area contributed by atoms with E-state index in [1.54, 1.807) is 19.4 Å². The first-order valence-corrected chi connectivity index (χ1v) is 6.12. The van der Waals surface area contributed by atoms with Crippen molar-refractivity contribution in [1.82, 2.24) is 10.6 Å². The number of amides is 2. The largest absolute Gasteiger partial charge is 0.496 e. The maximum atomic E-state index is 11.4. The lowest BCUT2D eigenvalue weighted by molar-refractivity contribution is 0.244. The Hall–Kier alpha value is -1.97. The van der Waals surface area contributed by atoms with E-state index in [-0.39, 0.29) is 6.03 Å². The molecule has 98 valence electrons. The fourth-order valence-corrected chi connectivity index (χ4v) is 1.44. The van der Waals surface area contributed by atoms with Gasteiger partial charge in [0.2, 0.25) is 0 Å². The third-order valence-electron chi connectivity index (χ3n) is 2.43. The number of carbonyl (C=O) groups is 1. The second kappa shape index (κ2) is 8.17. The van der Waals surface area contributed by atoms with E-state index in [4.69, 9.17) is 4.74 Å². The standard InChI is InChI=1S/C14H20N2O2/c1-3-4-10-15-14(17)16-11-9-12-7-5-6-8-13(12)18-2/h5-9,11H,3-4,10H2,1-2H3,(H2,15,16,17)/b11-9+. The molecule has 18 heavy (non-hydrogen) atoms. The Bertz CT molecular complexity index is 403. The zero-order valence-electron chi connectivity index (χ0n) is 10.9. The lowest BCUT2D eigenvalue weighted by Crippen LogP contribution is -2.32. The summed E-state index contributed by atoms with van der Waals surface area (Å²) in [6.07, 6.45) is 5.47. The van der Waals surface area contributed by atoms with E-state index in [0.717, 1.165) is 24.2 Å². The van der Waals surface area contributed by atoms with Gasteiger partial charge in [-0.15, -0.1) is 0 Å². The first kappa shape index (κ1) is 14.1. The van der Waals surface area contributed by atoms with Crippen molar-refractivity contribution < 1.29 is 9.53 Å². The molecule has 0 radical (unpaired) electrons. The summed E-state index contributed by atoms with van der Waals surface area (Å²) in [6, 6.07) is 7.44. The molecule has 0 fully saturated rings. The van der Waals surface area contributed by atoms with Crippen LogP contribution in [0.1, 0.15) is 25.3 Å². The SMILES string of the molecule is CCCCNC(=O)N/C=C/c1ccccc1OC. The third kappa shape index (κ3) is 4.91. The van der Waals surface area contributed by atoms with Gasteiger partial charge in [-0.3, -0.25) is 0 Å². The summed E-state index contributed by atoms with van der Waals surface area (Å²) in [5, 5.41) is 5.42. The van der Waals surface area contributed by atoms with Crippen LogP contribution in [0.5, 0.6) is 5.75 Å². The highest BCUT2D eigenvalue weighted by atomic mass is 16.5. The molecule has 0 aliphatic carbocycles. The van der Waals surface area contributed by atoms with Crippen molar-refractivity contribution in [2.45, 2.75) is 19.8 Å². The number of para-hydroxylation sites is 1. The van der Waals surface area contributed by atoms with Crippen molar-refractivity contribution in [3.05, 3.63) is 36.0 Å². The van der Waals surface area contributed by atoms with Gasteiger partial charge in [-0.05, 0) is 18.6 Å². The number of carbonyl (C=O) groups excluding carboxylic acids is 1. The molecule has 1 aromatic carbocycles. The van der Waals surface area contributed by atoms with Gasteiger partial charge in [0.15, 0.2) is 0 Å². The Morgan fingerprint density at radius 2 is 2.17 bits per heavy atom. The molecule has 1 aromatic rings. The van der Waals surface area contributed by atoms with Crippen LogP contribution >= 0.6 is 0 Å². The molecule has 1 rings (SSSR count). The van der Waals surface area contributed by atoms with Crippen LogP contribution in [0, 0.1) is 0 Å². The van der Waals surface area contributed by atoms with Gasteiger partial charge < -0.3 is 15.4 Å². The molecule has 0 spiro atoms. The van der Waals surface area contributed by atoms with Gasteiger partial charge in [0, 0.05) is 18.3 Å². The zero-order valence-corrected chi connectivity index (χ0v) is 10.9. The molecule has 0 saturated carbocycles. The number of hydrogen-bond acceptors (Lipinski definition) is 2. The molecular formula is C14H20N2O2. The molecule has 2 amide bonds. The van der Waals surface area contributed by atoms with Gasteiger partial charge in [-0.25, -0.2) is 4.79 Å². The van der Waals surface area contributed by atoms with Crippen molar-refractivity contribution in [2.24, 2.45) is 0 Å². The van der Waals surface area contributed by atoms with E-state index >= 15 is 0 Å². The Morgan fingerprint density at radius 3 is 2.89 bits per heavy atom. The normalized spacial score (nSPS) is 10.3. The fourth-order valence-electron chi connectivity index (χ4n) is 1.44. The summed E-state index contributed by atoms with van der Waals surface area (Å²) in [4.78, 5) is 11.4. The second-order valence-corrected chi connectivity index (χ2v) is 3.83. The quantitative estimate of drug-likeness (QED) is 0.760. The Morgan fingerprint density at radius 1 is 1.39 bits per heavy atom. The summed E-state index contributed by atoms with van der Waals surface area (Å²) in [5.74, 6) is 0.780. The van der Waals surface area contributed by atoms with Crippen LogP contribution in [0.2, 0.25) is 0 Å². The number of ether oxygens (including phenoxy) is 1. The summed E-state index contributed by atoms with van der Waals surface area (Å²) >= 11 is 0. The van der Waals surface area contributed by atoms with Crippen molar-refractivity contribution in [3.8, 4) is 5.75 Å². The summed E-state index contributed by atoms with van der Waals surface area (Å²) in [7, 11) is 1.62. The minimum absolute atomic E-state index is 0.186. The molecule has 4 heteroatoms. The number of nitrogens with one attached hydrogen (secondary N) is 2. The van der Waals surface area contributed by atoms with Crippen molar-refractivity contribution in [3.63, 3.8) is 0 Å². The molecule has 0 aromatic heterocycles. The summed E-state index contributed by atoms with van der Waals surface area (Å²) in [5.41, 5.74) is 0.925. The number of rotatable bonds is 6. The molecule has 0 aliphatic heterocycles. The molecule has 4 nitrogen and oxygen atoms in total. The van der Waals surface area contributed by atoms with Crippen LogP contribution in [-0.4, -0.2) is 19.7 Å². The van der Waals surface area contributed by atoms with Crippen molar-refractivity contribution in [2.75, 3.05) is 13.7 Å². The minimum atomic E-state index is -0.186. The van der Waals surface area contributed by atoms with Crippen LogP contribution in [0.3, 0.4) is 0 Å². The van der Waals surface area contributed by atoms with Crippen LogP contribution in [0.25, 0.3) is 6.08 Å². The number of methoxy groups -OCH3 is 1. The second-order valence-electron chi connectivity index (χ2n) is 3.83. The molecule has 0 aliphatic rings. The highest BCUT2D eigenvalue weighted by Gasteiger charge is 1.97. The van der Waals surface area contributed by atoms with Gasteiger partial charge in [0.05, 0.1) is 7.11 Å². The number of hydrogen-bond donors (Lipinski definition) is 2. The van der Waals surface area contributed by atoms with E-state index in [1.165, 1.54) is 0 Å². The Kier molecular flexibility index (Phi) is 6.40. The molecule has 0 bridgehead atoms. The smallest absolute Gasteiger partial charge is 0.318 e. The third-order valence-corrected chi connectivity index (χ3v) is 2.43. The first-order valence-electron chi connectivity index (χ1n) is 6.12. The van der Waals surface area contributed by atoms with E-state index in [2.05, 4.69) is 17.6 Å². The van der Waals surface area contributed by atoms with Gasteiger partial charge in [0.1, 0.15) is 5.75 Å². The molecule has 0 heterocycles. The predicted molar refractivity (Wildman–Crippen MR) is 73.5 cm³/mol. The lowest BCUT2D eigenvalue weighted by atomic mass is 10.2. The summed E-state index contributed by atoms with van der Waals surface area (Å²) < 4.78 is 5.20. The van der Waals surface area contributed by atoms with Gasteiger partial charge in [-0.1, -0.05) is 31.5 Å². The predicted octanol–water partition coefficient (Wildman–Crippen LogP) is 2.77. The van der Waals surface area contributed by atoms with Crippen molar-refractivity contribution in [1.29, 1.82) is 0 Å². The molecule has 0 saturated heterocycles. The lowest BCUT2D eigenvalue weighted by Gasteiger charge is -2.04. The molecule has 2 N–H and O–H groups in total. The van der Waals surface area contributed by atoms with Gasteiger partial charge >= 0.3 is 6.03 Å². The Labute approximate surface area is 108 Å². The fraction of sp³-hybridized carbons (Fsp3) is 0.357. The monoisotopic (exact) mass is 248 g/mol. The number of benzene rings is 1. The zero-order chi connectivity index (χ0) is 13.2. The van der Waals surface area contributed by atoms with Crippen molar-refractivity contribution >= 4 is 12.1 Å². The van der Waals surface area contributed by atoms with Gasteiger partial charge in [-0.2, -0.15) is 0 Å². The van der Waals surface area contributed by atoms with Crippen LogP contribution in [-0.2, 0) is 0 Å². The van der Waals surface area contributed by atoms with E-state index in [9.17, 15) is 4.79 Å². The van der Waals surface area contributed by atoms with E-state index in [0.29, 0.717) is 6.54 Å². The van der Waals surface area contributed by atoms with E-state index < -0.39 is 0 Å². The molecule has 0 unspecified atom stereocenters. The van der Waals surface area contributed by atoms with E-state index in [1.807, 2.05) is 24.3 Å². The highest BCUT2D eigenvalue weighted by Crippen LogP contribution is 2.17. The maximum Gasteiger partial charge on any atom is 0.318 e.